The molecule has 0 bridgehead atoms. The standard InChI is InChI=1S/C11H20O3S/c1-8(2)7-15(13,14)11-6-10(12)5-4-9(11)3/h8-9,11H,4-7H2,1-3H3. The summed E-state index contributed by atoms with van der Waals surface area (Å²) in [6.45, 7) is 5.73. The van der Waals surface area contributed by atoms with Gasteiger partial charge in [-0.15, -0.1) is 0 Å². The van der Waals surface area contributed by atoms with Crippen molar-refractivity contribution in [2.75, 3.05) is 5.75 Å². The molecule has 4 heteroatoms. The minimum Gasteiger partial charge on any atom is -0.300 e. The summed E-state index contributed by atoms with van der Waals surface area (Å²) >= 11 is 0. The van der Waals surface area contributed by atoms with Crippen molar-refractivity contribution in [2.24, 2.45) is 11.8 Å². The fourth-order valence-electron chi connectivity index (χ4n) is 2.17. The highest BCUT2D eigenvalue weighted by atomic mass is 32.2. The molecule has 2 atom stereocenters. The molecule has 15 heavy (non-hydrogen) atoms. The van der Waals surface area contributed by atoms with Crippen molar-refractivity contribution < 1.29 is 13.2 Å². The van der Waals surface area contributed by atoms with E-state index in [0.717, 1.165) is 6.42 Å². The zero-order chi connectivity index (χ0) is 11.6. The van der Waals surface area contributed by atoms with Crippen LogP contribution in [-0.4, -0.2) is 25.2 Å². The first-order valence-corrected chi connectivity index (χ1v) is 7.27. The van der Waals surface area contributed by atoms with Crippen molar-refractivity contribution >= 4 is 15.6 Å². The Morgan fingerprint density at radius 2 is 2.00 bits per heavy atom. The van der Waals surface area contributed by atoms with E-state index in [1.807, 2.05) is 20.8 Å². The fraction of sp³-hybridized carbons (Fsp3) is 0.909. The molecule has 0 aromatic heterocycles. The normalized spacial score (nSPS) is 28.4. The second-order valence-electron chi connectivity index (χ2n) is 5.02. The maximum absolute atomic E-state index is 12.0. The molecule has 88 valence electrons. The van der Waals surface area contributed by atoms with Gasteiger partial charge in [-0.05, 0) is 18.3 Å². The number of sulfone groups is 1. The van der Waals surface area contributed by atoms with Crippen LogP contribution in [-0.2, 0) is 14.6 Å². The van der Waals surface area contributed by atoms with Crippen molar-refractivity contribution in [3.63, 3.8) is 0 Å². The summed E-state index contributed by atoms with van der Waals surface area (Å²) in [7, 11) is -3.09. The highest BCUT2D eigenvalue weighted by molar-refractivity contribution is 7.92. The summed E-state index contributed by atoms with van der Waals surface area (Å²) in [6.07, 6.45) is 1.51. The molecule has 0 aromatic rings. The Morgan fingerprint density at radius 3 is 2.53 bits per heavy atom. The first-order valence-electron chi connectivity index (χ1n) is 5.56. The van der Waals surface area contributed by atoms with Gasteiger partial charge in [0.2, 0.25) is 0 Å². The minimum atomic E-state index is -3.09. The quantitative estimate of drug-likeness (QED) is 0.745. The third-order valence-corrected chi connectivity index (χ3v) is 5.65. The Hall–Kier alpha value is -0.380. The molecule has 1 rings (SSSR count). The predicted octanol–water partition coefficient (Wildman–Crippen LogP) is 1.81. The van der Waals surface area contributed by atoms with Crippen LogP contribution < -0.4 is 0 Å². The molecule has 0 aliphatic heterocycles. The van der Waals surface area contributed by atoms with Gasteiger partial charge in [-0.1, -0.05) is 20.8 Å². The summed E-state index contributed by atoms with van der Waals surface area (Å²) in [5, 5.41) is -0.429. The Morgan fingerprint density at radius 1 is 1.40 bits per heavy atom. The largest absolute Gasteiger partial charge is 0.300 e. The molecule has 0 radical (unpaired) electrons. The van der Waals surface area contributed by atoms with E-state index in [-0.39, 0.29) is 29.8 Å². The lowest BCUT2D eigenvalue weighted by Gasteiger charge is -2.28. The summed E-state index contributed by atoms with van der Waals surface area (Å²) in [6, 6.07) is 0. The highest BCUT2D eigenvalue weighted by Gasteiger charge is 2.36. The van der Waals surface area contributed by atoms with Crippen molar-refractivity contribution in [1.29, 1.82) is 0 Å². The van der Waals surface area contributed by atoms with E-state index in [0.29, 0.717) is 6.42 Å². The lowest BCUT2D eigenvalue weighted by Crippen LogP contribution is -2.37. The average Bonchev–Trinajstić information content (AvgIpc) is 2.06. The number of Topliss-reactive ketones (excluding diaryl/α,β-unsaturated/α-hetero) is 1. The Kier molecular flexibility index (Phi) is 3.93. The Bertz CT molecular complexity index is 330. The van der Waals surface area contributed by atoms with Crippen molar-refractivity contribution in [3.05, 3.63) is 0 Å². The van der Waals surface area contributed by atoms with E-state index < -0.39 is 15.1 Å². The molecule has 0 amide bonds. The second kappa shape index (κ2) is 4.64. The molecule has 0 spiro atoms. The lowest BCUT2D eigenvalue weighted by atomic mass is 9.89. The van der Waals surface area contributed by atoms with Crippen molar-refractivity contribution in [2.45, 2.75) is 45.3 Å². The molecule has 0 saturated heterocycles. The van der Waals surface area contributed by atoms with Gasteiger partial charge in [0, 0.05) is 12.8 Å². The van der Waals surface area contributed by atoms with Crippen LogP contribution >= 0.6 is 0 Å². The summed E-state index contributed by atoms with van der Waals surface area (Å²) in [5.41, 5.74) is 0. The SMILES string of the molecule is CC(C)CS(=O)(=O)C1CC(=O)CCC1C. The smallest absolute Gasteiger partial charge is 0.154 e. The number of carbonyl (C=O) groups excluding carboxylic acids is 1. The van der Waals surface area contributed by atoms with Gasteiger partial charge in [0.25, 0.3) is 0 Å². The van der Waals surface area contributed by atoms with E-state index in [2.05, 4.69) is 0 Å². The topological polar surface area (TPSA) is 51.2 Å². The zero-order valence-electron chi connectivity index (χ0n) is 9.69. The zero-order valence-corrected chi connectivity index (χ0v) is 10.5. The first-order chi connectivity index (χ1) is 6.83. The number of ketones is 1. The molecule has 3 nitrogen and oxygen atoms in total. The predicted molar refractivity (Wildman–Crippen MR) is 60.4 cm³/mol. The summed E-state index contributed by atoms with van der Waals surface area (Å²) in [5.74, 6) is 0.575. The van der Waals surface area contributed by atoms with Gasteiger partial charge in [0.05, 0.1) is 11.0 Å². The van der Waals surface area contributed by atoms with Gasteiger partial charge < -0.3 is 0 Å². The van der Waals surface area contributed by atoms with Crippen LogP contribution in [0, 0.1) is 11.8 Å². The number of hydrogen-bond donors (Lipinski definition) is 0. The lowest BCUT2D eigenvalue weighted by molar-refractivity contribution is -0.120. The average molecular weight is 232 g/mol. The van der Waals surface area contributed by atoms with E-state index in [4.69, 9.17) is 0 Å². The number of hydrogen-bond acceptors (Lipinski definition) is 3. The number of rotatable bonds is 3. The molecule has 0 heterocycles. The van der Waals surface area contributed by atoms with Crippen LogP contribution in [0.3, 0.4) is 0 Å². The van der Waals surface area contributed by atoms with Gasteiger partial charge in [-0.2, -0.15) is 0 Å². The van der Waals surface area contributed by atoms with Gasteiger partial charge in [-0.25, -0.2) is 8.42 Å². The van der Waals surface area contributed by atoms with Crippen LogP contribution in [0.5, 0.6) is 0 Å². The number of carbonyl (C=O) groups is 1. The Balaban J connectivity index is 2.80. The molecule has 1 fully saturated rings. The Labute approximate surface area is 92.2 Å². The van der Waals surface area contributed by atoms with E-state index in [1.165, 1.54) is 0 Å². The van der Waals surface area contributed by atoms with Crippen LogP contribution in [0.15, 0.2) is 0 Å². The molecule has 2 unspecified atom stereocenters. The van der Waals surface area contributed by atoms with Crippen LogP contribution in [0.25, 0.3) is 0 Å². The maximum atomic E-state index is 12.0. The second-order valence-corrected chi connectivity index (χ2v) is 7.29. The minimum absolute atomic E-state index is 0.102. The van der Waals surface area contributed by atoms with Crippen molar-refractivity contribution in [3.8, 4) is 0 Å². The van der Waals surface area contributed by atoms with Gasteiger partial charge >= 0.3 is 0 Å². The fourth-order valence-corrected chi connectivity index (χ4v) is 4.63. The molecule has 1 saturated carbocycles. The first kappa shape index (κ1) is 12.7. The summed E-state index contributed by atoms with van der Waals surface area (Å²) < 4.78 is 24.0. The van der Waals surface area contributed by atoms with E-state index in [1.54, 1.807) is 0 Å². The molecule has 0 aromatic carbocycles. The monoisotopic (exact) mass is 232 g/mol. The van der Waals surface area contributed by atoms with E-state index in [9.17, 15) is 13.2 Å². The maximum Gasteiger partial charge on any atom is 0.154 e. The summed E-state index contributed by atoms with van der Waals surface area (Å²) in [4.78, 5) is 11.3. The van der Waals surface area contributed by atoms with Crippen LogP contribution in [0.1, 0.15) is 40.0 Å². The van der Waals surface area contributed by atoms with Gasteiger partial charge in [0.1, 0.15) is 5.78 Å². The van der Waals surface area contributed by atoms with Crippen LogP contribution in [0.4, 0.5) is 0 Å². The molecule has 1 aliphatic rings. The molecular formula is C11H20O3S. The van der Waals surface area contributed by atoms with E-state index >= 15 is 0 Å². The van der Waals surface area contributed by atoms with Crippen molar-refractivity contribution in [1.82, 2.24) is 0 Å². The van der Waals surface area contributed by atoms with Gasteiger partial charge in [0.15, 0.2) is 9.84 Å². The highest BCUT2D eigenvalue weighted by Crippen LogP contribution is 2.28. The third kappa shape index (κ3) is 3.30. The third-order valence-electron chi connectivity index (χ3n) is 2.97. The molecule has 0 N–H and O–H groups in total. The molecule has 1 aliphatic carbocycles. The van der Waals surface area contributed by atoms with Gasteiger partial charge in [-0.3, -0.25) is 4.79 Å². The molecular weight excluding hydrogens is 212 g/mol. The van der Waals surface area contributed by atoms with Crippen LogP contribution in [0.2, 0.25) is 0 Å².